The molecular formula is C21H38O16. The highest BCUT2D eigenvalue weighted by Gasteiger charge is 2.52. The van der Waals surface area contributed by atoms with Gasteiger partial charge in [-0.25, -0.2) is 0 Å². The van der Waals surface area contributed by atoms with Crippen LogP contribution >= 0.6 is 0 Å². The van der Waals surface area contributed by atoms with Crippen LogP contribution in [0, 0.1) is 0 Å². The predicted molar refractivity (Wildman–Crippen MR) is 115 cm³/mol. The summed E-state index contributed by atoms with van der Waals surface area (Å²) in [5.74, 6) is 0. The Morgan fingerprint density at radius 3 is 1.57 bits per heavy atom. The van der Waals surface area contributed by atoms with E-state index in [0.29, 0.717) is 6.42 Å². The van der Waals surface area contributed by atoms with Crippen molar-refractivity contribution in [3.8, 4) is 0 Å². The van der Waals surface area contributed by atoms with Gasteiger partial charge in [0, 0.05) is 6.61 Å². The van der Waals surface area contributed by atoms with Crippen LogP contribution in [0.25, 0.3) is 0 Å². The average Bonchev–Trinajstić information content (AvgIpc) is 2.89. The van der Waals surface area contributed by atoms with E-state index in [0.717, 1.165) is 0 Å². The first-order valence-electron chi connectivity index (χ1n) is 12.1. The maximum atomic E-state index is 10.9. The van der Waals surface area contributed by atoms with Crippen LogP contribution < -0.4 is 0 Å². The highest BCUT2D eigenvalue weighted by atomic mass is 16.7. The van der Waals surface area contributed by atoms with Crippen LogP contribution in [0.4, 0.5) is 0 Å². The van der Waals surface area contributed by atoms with Gasteiger partial charge >= 0.3 is 0 Å². The Bertz CT molecular complexity index is 683. The summed E-state index contributed by atoms with van der Waals surface area (Å²) in [6.07, 6.45) is -22.9. The molecule has 10 N–H and O–H groups in total. The summed E-state index contributed by atoms with van der Waals surface area (Å²) in [4.78, 5) is 0. The zero-order valence-corrected chi connectivity index (χ0v) is 20.1. The number of ether oxygens (including phenoxy) is 6. The molecular weight excluding hydrogens is 508 g/mol. The minimum atomic E-state index is -1.81. The Balaban J connectivity index is 1.73. The van der Waals surface area contributed by atoms with Gasteiger partial charge in [0.1, 0.15) is 73.2 Å². The number of aliphatic hydroxyl groups excluding tert-OH is 10. The minimum absolute atomic E-state index is 0.144. The van der Waals surface area contributed by atoms with Gasteiger partial charge in [-0.1, -0.05) is 6.92 Å². The van der Waals surface area contributed by atoms with Gasteiger partial charge in [-0.2, -0.15) is 0 Å². The maximum Gasteiger partial charge on any atom is 0.187 e. The van der Waals surface area contributed by atoms with E-state index in [9.17, 15) is 51.1 Å². The van der Waals surface area contributed by atoms with Crippen LogP contribution in [0.15, 0.2) is 0 Å². The zero-order chi connectivity index (χ0) is 27.4. The molecule has 0 aliphatic carbocycles. The van der Waals surface area contributed by atoms with Crippen LogP contribution in [0.1, 0.15) is 13.3 Å². The van der Waals surface area contributed by atoms with Crippen molar-refractivity contribution in [2.75, 3.05) is 26.4 Å². The van der Waals surface area contributed by atoms with Crippen molar-refractivity contribution in [2.24, 2.45) is 0 Å². The van der Waals surface area contributed by atoms with E-state index in [1.807, 2.05) is 0 Å². The molecule has 3 aliphatic heterocycles. The molecule has 3 aliphatic rings. The lowest BCUT2D eigenvalue weighted by atomic mass is 9.96. The first kappa shape index (κ1) is 30.9. The molecule has 0 aromatic heterocycles. The second-order valence-corrected chi connectivity index (χ2v) is 9.22. The highest BCUT2D eigenvalue weighted by molar-refractivity contribution is 4.95. The molecule has 15 atom stereocenters. The first-order valence-corrected chi connectivity index (χ1v) is 12.1. The molecule has 0 bridgehead atoms. The molecule has 0 aromatic carbocycles. The van der Waals surface area contributed by atoms with Crippen molar-refractivity contribution in [3.05, 3.63) is 0 Å². The topological polar surface area (TPSA) is 258 Å². The van der Waals surface area contributed by atoms with Crippen molar-refractivity contribution in [1.29, 1.82) is 0 Å². The largest absolute Gasteiger partial charge is 0.394 e. The van der Waals surface area contributed by atoms with Gasteiger partial charge < -0.3 is 79.5 Å². The summed E-state index contributed by atoms with van der Waals surface area (Å²) >= 11 is 0. The zero-order valence-electron chi connectivity index (χ0n) is 20.1. The monoisotopic (exact) mass is 546 g/mol. The fourth-order valence-corrected chi connectivity index (χ4v) is 4.30. The molecule has 3 fully saturated rings. The molecule has 3 heterocycles. The van der Waals surface area contributed by atoms with Crippen molar-refractivity contribution in [2.45, 2.75) is 105 Å². The van der Waals surface area contributed by atoms with Crippen LogP contribution in [-0.2, 0) is 28.4 Å². The Labute approximate surface area is 212 Å². The molecule has 37 heavy (non-hydrogen) atoms. The number of rotatable bonds is 10. The van der Waals surface area contributed by atoms with Gasteiger partial charge in [0.25, 0.3) is 0 Å². The Kier molecular flexibility index (Phi) is 11.4. The van der Waals surface area contributed by atoms with Gasteiger partial charge in [-0.3, -0.25) is 0 Å². The molecule has 218 valence electrons. The van der Waals surface area contributed by atoms with Crippen molar-refractivity contribution in [3.63, 3.8) is 0 Å². The van der Waals surface area contributed by atoms with E-state index < -0.39 is 112 Å². The third-order valence-electron chi connectivity index (χ3n) is 6.54. The molecule has 0 aromatic rings. The van der Waals surface area contributed by atoms with Gasteiger partial charge in [0.15, 0.2) is 18.9 Å². The van der Waals surface area contributed by atoms with E-state index in [1.54, 1.807) is 6.92 Å². The average molecular weight is 547 g/mol. The SMILES string of the molecule is CCCO[C@@H]1O[C@H](CO[C@H]2O[C@H](CO)[C@@H](O)[C@H](O)[C@@H]2O)[C@@H](O)[C@H](O[C@H]2O[C@H](CO)[C@@H](O)[C@H](O)[C@@H]2O)[C@@H]1O. The van der Waals surface area contributed by atoms with Crippen LogP contribution in [0.5, 0.6) is 0 Å². The smallest absolute Gasteiger partial charge is 0.187 e. The van der Waals surface area contributed by atoms with E-state index in [-0.39, 0.29) is 6.61 Å². The fourth-order valence-electron chi connectivity index (χ4n) is 4.30. The Morgan fingerprint density at radius 1 is 0.541 bits per heavy atom. The molecule has 0 unspecified atom stereocenters. The van der Waals surface area contributed by atoms with Crippen LogP contribution in [-0.4, -0.2) is 170 Å². The second kappa shape index (κ2) is 13.6. The quantitative estimate of drug-likeness (QED) is 0.122. The van der Waals surface area contributed by atoms with Gasteiger partial charge in [-0.15, -0.1) is 0 Å². The standard InChI is InChI=1S/C21H38O16/c1-2-3-32-20-17(31)18(37-21-16(30)14(28)11(25)8(5-23)35-21)12(26)9(36-20)6-33-19-15(29)13(27)10(24)7(4-22)34-19/h7-31H,2-6H2,1H3/t7-,8-,9-,10-,11-,12-,13+,14+,15+,16+,17+,18+,19+,20-,21-/m1/s1. The maximum absolute atomic E-state index is 10.9. The van der Waals surface area contributed by atoms with E-state index in [1.165, 1.54) is 0 Å². The van der Waals surface area contributed by atoms with Crippen molar-refractivity contribution >= 4 is 0 Å². The summed E-state index contributed by atoms with van der Waals surface area (Å²) in [6, 6.07) is 0. The summed E-state index contributed by atoms with van der Waals surface area (Å²) < 4.78 is 32.7. The normalized spacial score (nSPS) is 49.2. The van der Waals surface area contributed by atoms with E-state index >= 15 is 0 Å². The lowest BCUT2D eigenvalue weighted by Crippen LogP contribution is -2.65. The molecule has 3 rings (SSSR count). The molecule has 0 saturated carbocycles. The number of hydrogen-bond acceptors (Lipinski definition) is 16. The fraction of sp³-hybridized carbons (Fsp3) is 1.00. The lowest BCUT2D eigenvalue weighted by molar-refractivity contribution is -0.366. The molecule has 0 amide bonds. The summed E-state index contributed by atoms with van der Waals surface area (Å²) in [7, 11) is 0. The van der Waals surface area contributed by atoms with E-state index in [4.69, 9.17) is 28.4 Å². The molecule has 0 spiro atoms. The highest BCUT2D eigenvalue weighted by Crippen LogP contribution is 2.31. The number of aliphatic hydroxyl groups is 10. The minimum Gasteiger partial charge on any atom is -0.394 e. The van der Waals surface area contributed by atoms with Crippen LogP contribution in [0.3, 0.4) is 0 Å². The van der Waals surface area contributed by atoms with Crippen LogP contribution in [0.2, 0.25) is 0 Å². The van der Waals surface area contributed by atoms with Crippen molar-refractivity contribution in [1.82, 2.24) is 0 Å². The summed E-state index contributed by atoms with van der Waals surface area (Å²) in [5, 5.41) is 101. The van der Waals surface area contributed by atoms with Gasteiger partial charge in [0.05, 0.1) is 19.8 Å². The number of hydrogen-bond donors (Lipinski definition) is 10. The Hall–Kier alpha value is -0.640. The molecule has 16 nitrogen and oxygen atoms in total. The molecule has 16 heteroatoms. The lowest BCUT2D eigenvalue weighted by Gasteiger charge is -2.46. The van der Waals surface area contributed by atoms with Gasteiger partial charge in [0.2, 0.25) is 0 Å². The molecule has 3 saturated heterocycles. The molecule has 0 radical (unpaired) electrons. The van der Waals surface area contributed by atoms with E-state index in [2.05, 4.69) is 0 Å². The second-order valence-electron chi connectivity index (χ2n) is 9.22. The third kappa shape index (κ3) is 6.75. The predicted octanol–water partition coefficient (Wildman–Crippen LogP) is -6.14. The van der Waals surface area contributed by atoms with Gasteiger partial charge in [-0.05, 0) is 6.42 Å². The Morgan fingerprint density at radius 2 is 1.03 bits per heavy atom. The third-order valence-corrected chi connectivity index (χ3v) is 6.54. The summed E-state index contributed by atoms with van der Waals surface area (Å²) in [5.41, 5.74) is 0. The summed E-state index contributed by atoms with van der Waals surface area (Å²) in [6.45, 7) is 0.0245. The first-order chi connectivity index (χ1) is 17.5. The van der Waals surface area contributed by atoms with Crippen molar-refractivity contribution < 1.29 is 79.5 Å².